The first-order valence-corrected chi connectivity index (χ1v) is 8.46. The van der Waals surface area contributed by atoms with E-state index in [4.69, 9.17) is 14.2 Å². The average molecular weight is 351 g/mol. The summed E-state index contributed by atoms with van der Waals surface area (Å²) in [6, 6.07) is 7.30. The maximum atomic E-state index is 13.3. The third kappa shape index (κ3) is 2.20. The van der Waals surface area contributed by atoms with E-state index in [0.29, 0.717) is 28.0 Å². The molecule has 3 aromatic rings. The Labute approximate surface area is 151 Å². The summed E-state index contributed by atoms with van der Waals surface area (Å²) in [5, 5.41) is 1.14. The van der Waals surface area contributed by atoms with Crippen LogP contribution in [0.5, 0.6) is 17.2 Å². The van der Waals surface area contributed by atoms with Crippen LogP contribution >= 0.6 is 0 Å². The minimum atomic E-state index is -0.418. The zero-order valence-corrected chi connectivity index (χ0v) is 15.5. The van der Waals surface area contributed by atoms with Crippen LogP contribution in [0.1, 0.15) is 19.4 Å². The standard InChI is InChI=1S/C21H21NO4/c1-21(2)10-9-12-15(26-21)11-16(25-5)17-19(12)22(3)18-13(20(17)23)7-6-8-14(18)24-4/h6-11H,1-5H3. The molecule has 0 fully saturated rings. The summed E-state index contributed by atoms with van der Waals surface area (Å²) in [5.74, 6) is 1.86. The Morgan fingerprint density at radius 2 is 1.81 bits per heavy atom. The molecule has 26 heavy (non-hydrogen) atoms. The van der Waals surface area contributed by atoms with Gasteiger partial charge >= 0.3 is 0 Å². The molecule has 0 saturated carbocycles. The number of benzene rings is 2. The number of para-hydroxylation sites is 1. The van der Waals surface area contributed by atoms with Crippen molar-refractivity contribution < 1.29 is 14.2 Å². The van der Waals surface area contributed by atoms with E-state index in [1.165, 1.54) is 0 Å². The zero-order valence-electron chi connectivity index (χ0n) is 15.5. The Hall–Kier alpha value is -2.95. The number of nitrogens with zero attached hydrogens (tertiary/aromatic N) is 1. The monoisotopic (exact) mass is 351 g/mol. The van der Waals surface area contributed by atoms with E-state index in [9.17, 15) is 4.79 Å². The summed E-state index contributed by atoms with van der Waals surface area (Å²) in [4.78, 5) is 13.3. The van der Waals surface area contributed by atoms with Gasteiger partial charge in [-0.25, -0.2) is 0 Å². The first-order valence-electron chi connectivity index (χ1n) is 8.46. The summed E-state index contributed by atoms with van der Waals surface area (Å²) < 4.78 is 19.2. The normalized spacial score (nSPS) is 15.0. The van der Waals surface area contributed by atoms with Crippen LogP contribution in [0.4, 0.5) is 0 Å². The Morgan fingerprint density at radius 3 is 2.50 bits per heavy atom. The van der Waals surface area contributed by atoms with Crippen LogP contribution in [0, 0.1) is 0 Å². The van der Waals surface area contributed by atoms with Crippen molar-refractivity contribution in [2.24, 2.45) is 7.05 Å². The van der Waals surface area contributed by atoms with Gasteiger partial charge in [-0.2, -0.15) is 0 Å². The predicted molar refractivity (Wildman–Crippen MR) is 104 cm³/mol. The molecule has 0 radical (unpaired) electrons. The molecule has 5 heteroatoms. The smallest absolute Gasteiger partial charge is 0.201 e. The lowest BCUT2D eigenvalue weighted by Gasteiger charge is -2.29. The van der Waals surface area contributed by atoms with E-state index in [2.05, 4.69) is 0 Å². The van der Waals surface area contributed by atoms with Crippen molar-refractivity contribution in [2.45, 2.75) is 19.4 Å². The molecule has 134 valence electrons. The molecule has 0 spiro atoms. The number of hydrogen-bond acceptors (Lipinski definition) is 4. The molecular weight excluding hydrogens is 330 g/mol. The van der Waals surface area contributed by atoms with Crippen molar-refractivity contribution in [3.05, 3.63) is 46.1 Å². The van der Waals surface area contributed by atoms with Crippen LogP contribution < -0.4 is 19.6 Å². The quantitative estimate of drug-likeness (QED) is 0.657. The number of aromatic nitrogens is 1. The Morgan fingerprint density at radius 1 is 1.08 bits per heavy atom. The first-order chi connectivity index (χ1) is 12.4. The summed E-state index contributed by atoms with van der Waals surface area (Å²) in [6.07, 6.45) is 4.01. The fourth-order valence-electron chi connectivity index (χ4n) is 3.68. The second-order valence-electron chi connectivity index (χ2n) is 7.00. The molecule has 0 bridgehead atoms. The van der Waals surface area contributed by atoms with Crippen LogP contribution in [0.2, 0.25) is 0 Å². The number of hydrogen-bond donors (Lipinski definition) is 0. The fraction of sp³-hybridized carbons (Fsp3) is 0.286. The molecule has 0 aliphatic carbocycles. The molecule has 0 saturated heterocycles. The van der Waals surface area contributed by atoms with E-state index in [1.54, 1.807) is 20.3 Å². The van der Waals surface area contributed by atoms with Gasteiger partial charge in [-0.1, -0.05) is 6.07 Å². The molecule has 0 unspecified atom stereocenters. The summed E-state index contributed by atoms with van der Waals surface area (Å²) in [6.45, 7) is 3.98. The van der Waals surface area contributed by atoms with E-state index >= 15 is 0 Å². The first kappa shape index (κ1) is 16.5. The van der Waals surface area contributed by atoms with Gasteiger partial charge in [-0.3, -0.25) is 4.79 Å². The van der Waals surface area contributed by atoms with E-state index in [0.717, 1.165) is 16.6 Å². The summed E-state index contributed by atoms with van der Waals surface area (Å²) >= 11 is 0. The van der Waals surface area contributed by atoms with Gasteiger partial charge in [-0.15, -0.1) is 0 Å². The van der Waals surface area contributed by atoms with Crippen molar-refractivity contribution in [2.75, 3.05) is 14.2 Å². The molecule has 0 atom stereocenters. The lowest BCUT2D eigenvalue weighted by molar-refractivity contribution is 0.159. The Kier molecular flexibility index (Phi) is 3.51. The van der Waals surface area contributed by atoms with Gasteiger partial charge in [0, 0.05) is 18.7 Å². The largest absolute Gasteiger partial charge is 0.496 e. The SMILES string of the molecule is COc1cc2c(c3c1c(=O)c1cccc(OC)c1n3C)C=CC(C)(C)O2. The molecule has 4 rings (SSSR count). The number of rotatable bonds is 2. The molecule has 1 aliphatic rings. The third-order valence-electron chi connectivity index (χ3n) is 4.87. The van der Waals surface area contributed by atoms with Crippen LogP contribution in [0.15, 0.2) is 35.1 Å². The van der Waals surface area contributed by atoms with Crippen LogP contribution in [-0.4, -0.2) is 24.4 Å². The second-order valence-corrected chi connectivity index (χ2v) is 7.00. The van der Waals surface area contributed by atoms with Crippen LogP contribution in [0.3, 0.4) is 0 Å². The molecular formula is C21H21NO4. The minimum absolute atomic E-state index is 0.0788. The van der Waals surface area contributed by atoms with Crippen molar-refractivity contribution in [1.82, 2.24) is 4.57 Å². The molecule has 5 nitrogen and oxygen atoms in total. The van der Waals surface area contributed by atoms with Crippen molar-refractivity contribution in [3.63, 3.8) is 0 Å². The number of pyridine rings is 1. The zero-order chi connectivity index (χ0) is 18.6. The second kappa shape index (κ2) is 5.53. The topological polar surface area (TPSA) is 49.7 Å². The molecule has 2 heterocycles. The molecule has 2 aromatic carbocycles. The lowest BCUT2D eigenvalue weighted by atomic mass is 9.98. The van der Waals surface area contributed by atoms with Crippen molar-refractivity contribution in [1.29, 1.82) is 0 Å². The molecule has 0 amide bonds. The predicted octanol–water partition coefficient (Wildman–Crippen LogP) is 3.89. The molecule has 0 N–H and O–H groups in total. The van der Waals surface area contributed by atoms with E-state index in [1.807, 2.05) is 55.8 Å². The number of ether oxygens (including phenoxy) is 3. The van der Waals surface area contributed by atoms with Gasteiger partial charge in [0.05, 0.1) is 36.0 Å². The van der Waals surface area contributed by atoms with E-state index in [-0.39, 0.29) is 5.43 Å². The van der Waals surface area contributed by atoms with Gasteiger partial charge in [0.15, 0.2) is 0 Å². The highest BCUT2D eigenvalue weighted by molar-refractivity contribution is 6.03. The van der Waals surface area contributed by atoms with Gasteiger partial charge in [0.1, 0.15) is 22.8 Å². The highest BCUT2D eigenvalue weighted by atomic mass is 16.5. The van der Waals surface area contributed by atoms with Gasteiger partial charge in [0.2, 0.25) is 5.43 Å². The highest BCUT2D eigenvalue weighted by Crippen LogP contribution is 2.41. The van der Waals surface area contributed by atoms with Gasteiger partial charge < -0.3 is 18.8 Å². The average Bonchev–Trinajstić information content (AvgIpc) is 2.63. The highest BCUT2D eigenvalue weighted by Gasteiger charge is 2.27. The maximum absolute atomic E-state index is 13.3. The van der Waals surface area contributed by atoms with Crippen LogP contribution in [-0.2, 0) is 7.05 Å². The molecule has 1 aromatic heterocycles. The molecule has 1 aliphatic heterocycles. The maximum Gasteiger partial charge on any atom is 0.201 e. The number of fused-ring (bicyclic) bond motifs is 4. The number of methoxy groups -OCH3 is 2. The Bertz CT molecular complexity index is 1140. The summed E-state index contributed by atoms with van der Waals surface area (Å²) in [7, 11) is 5.11. The fourth-order valence-corrected chi connectivity index (χ4v) is 3.68. The van der Waals surface area contributed by atoms with Crippen molar-refractivity contribution >= 4 is 27.9 Å². The van der Waals surface area contributed by atoms with E-state index < -0.39 is 5.60 Å². The third-order valence-corrected chi connectivity index (χ3v) is 4.87. The van der Waals surface area contributed by atoms with Crippen LogP contribution in [0.25, 0.3) is 27.9 Å². The Balaban J connectivity index is 2.27. The number of aryl methyl sites for hydroxylation is 1. The lowest BCUT2D eigenvalue weighted by Crippen LogP contribution is -2.28. The van der Waals surface area contributed by atoms with Crippen molar-refractivity contribution in [3.8, 4) is 17.2 Å². The minimum Gasteiger partial charge on any atom is -0.496 e. The van der Waals surface area contributed by atoms with Gasteiger partial charge in [-0.05, 0) is 38.1 Å². The summed E-state index contributed by atoms with van der Waals surface area (Å²) in [5.41, 5.74) is 1.89. The van der Waals surface area contributed by atoms with Gasteiger partial charge in [0.25, 0.3) is 0 Å².